The van der Waals surface area contributed by atoms with Crippen LogP contribution in [-0.4, -0.2) is 0 Å². The van der Waals surface area contributed by atoms with E-state index in [0.717, 1.165) is 5.56 Å². The predicted molar refractivity (Wildman–Crippen MR) is 59.8 cm³/mol. The van der Waals surface area contributed by atoms with Crippen LogP contribution in [0.2, 0.25) is 0 Å². The fourth-order valence-corrected chi connectivity index (χ4v) is 1.92. The molecule has 2 rings (SSSR count). The van der Waals surface area contributed by atoms with Gasteiger partial charge < -0.3 is 4.74 Å². The summed E-state index contributed by atoms with van der Waals surface area (Å²) in [6.45, 7) is 0.349. The summed E-state index contributed by atoms with van der Waals surface area (Å²) in [6, 6.07) is 8.09. The lowest BCUT2D eigenvalue weighted by atomic mass is 10.2. The summed E-state index contributed by atoms with van der Waals surface area (Å²) in [6.07, 6.45) is 0. The number of hydrogen-bond donors (Lipinski definition) is 0. The van der Waals surface area contributed by atoms with E-state index < -0.39 is 5.82 Å². The largest absolute Gasteiger partial charge is 0.487 e. The van der Waals surface area contributed by atoms with E-state index in [0.29, 0.717) is 6.61 Å². The molecular weight excluding hydrogens is 225 g/mol. The van der Waals surface area contributed by atoms with Gasteiger partial charge >= 0.3 is 0 Å². The number of nitriles is 1. The normalized spacial score (nSPS) is 9.75. The lowest BCUT2D eigenvalue weighted by Crippen LogP contribution is -1.97. The van der Waals surface area contributed by atoms with Gasteiger partial charge in [0.25, 0.3) is 0 Å². The Bertz CT molecular complexity index is 516. The van der Waals surface area contributed by atoms with Gasteiger partial charge in [0.05, 0.1) is 0 Å². The molecule has 0 aliphatic rings. The Balaban J connectivity index is 2.16. The van der Waals surface area contributed by atoms with Crippen molar-refractivity contribution in [2.75, 3.05) is 0 Å². The molecule has 1 heterocycles. The molecule has 0 fully saturated rings. The molecule has 0 bridgehead atoms. The zero-order valence-electron chi connectivity index (χ0n) is 8.31. The van der Waals surface area contributed by atoms with Crippen LogP contribution in [0.4, 0.5) is 4.39 Å². The Morgan fingerprint density at radius 3 is 2.94 bits per heavy atom. The maximum absolute atomic E-state index is 13.2. The number of nitrogens with zero attached hydrogens (tertiary/aromatic N) is 1. The standard InChI is InChI=1S/C12H8FNOS/c13-11-2-1-3-12(10(11)6-14)15-7-9-4-5-16-8-9/h1-5,8H,7H2. The smallest absolute Gasteiger partial charge is 0.144 e. The lowest BCUT2D eigenvalue weighted by molar-refractivity contribution is 0.304. The van der Waals surface area contributed by atoms with E-state index in [9.17, 15) is 4.39 Å². The summed E-state index contributed by atoms with van der Waals surface area (Å²) < 4.78 is 18.6. The number of thiophene rings is 1. The molecule has 2 aromatic rings. The molecule has 0 amide bonds. The first-order valence-corrected chi connectivity index (χ1v) is 5.58. The highest BCUT2D eigenvalue weighted by Crippen LogP contribution is 2.21. The van der Waals surface area contributed by atoms with Crippen LogP contribution < -0.4 is 4.74 Å². The van der Waals surface area contributed by atoms with Crippen LogP contribution in [0.5, 0.6) is 5.75 Å². The molecule has 0 spiro atoms. The van der Waals surface area contributed by atoms with Gasteiger partial charge in [0.2, 0.25) is 0 Å². The van der Waals surface area contributed by atoms with Crippen LogP contribution >= 0.6 is 11.3 Å². The van der Waals surface area contributed by atoms with Crippen molar-refractivity contribution in [3.8, 4) is 11.8 Å². The summed E-state index contributed by atoms with van der Waals surface area (Å²) in [5.74, 6) is -0.265. The van der Waals surface area contributed by atoms with Gasteiger partial charge in [-0.05, 0) is 34.5 Å². The third-order valence-electron chi connectivity index (χ3n) is 2.06. The Labute approximate surface area is 96.5 Å². The first-order valence-electron chi connectivity index (χ1n) is 4.64. The fourth-order valence-electron chi connectivity index (χ4n) is 1.27. The van der Waals surface area contributed by atoms with E-state index in [1.54, 1.807) is 23.5 Å². The first-order chi connectivity index (χ1) is 7.81. The van der Waals surface area contributed by atoms with Crippen LogP contribution in [0.3, 0.4) is 0 Å². The molecule has 0 saturated carbocycles. The number of rotatable bonds is 3. The van der Waals surface area contributed by atoms with Crippen LogP contribution in [0.1, 0.15) is 11.1 Å². The summed E-state index contributed by atoms with van der Waals surface area (Å²) in [5.41, 5.74) is 0.968. The van der Waals surface area contributed by atoms with E-state index in [1.807, 2.05) is 16.8 Å². The minimum absolute atomic E-state index is 0.0438. The molecule has 2 nitrogen and oxygen atoms in total. The van der Waals surface area contributed by atoms with E-state index in [-0.39, 0.29) is 11.3 Å². The number of benzene rings is 1. The predicted octanol–water partition coefficient (Wildman–Crippen LogP) is 3.34. The number of hydrogen-bond acceptors (Lipinski definition) is 3. The van der Waals surface area contributed by atoms with Crippen LogP contribution in [0.25, 0.3) is 0 Å². The van der Waals surface area contributed by atoms with Gasteiger partial charge in [-0.15, -0.1) is 0 Å². The third kappa shape index (κ3) is 2.20. The highest BCUT2D eigenvalue weighted by molar-refractivity contribution is 7.07. The molecule has 16 heavy (non-hydrogen) atoms. The summed E-state index contributed by atoms with van der Waals surface area (Å²) in [7, 11) is 0. The SMILES string of the molecule is N#Cc1c(F)cccc1OCc1ccsc1. The topological polar surface area (TPSA) is 33.0 Å². The lowest BCUT2D eigenvalue weighted by Gasteiger charge is -2.06. The number of halogens is 1. The Morgan fingerprint density at radius 2 is 2.25 bits per heavy atom. The van der Waals surface area contributed by atoms with Crippen molar-refractivity contribution in [2.45, 2.75) is 6.61 Å². The monoisotopic (exact) mass is 233 g/mol. The van der Waals surface area contributed by atoms with Gasteiger partial charge in [-0.1, -0.05) is 6.07 Å². The van der Waals surface area contributed by atoms with Gasteiger partial charge in [-0.2, -0.15) is 16.6 Å². The van der Waals surface area contributed by atoms with Crippen LogP contribution in [-0.2, 0) is 6.61 Å². The van der Waals surface area contributed by atoms with E-state index in [1.165, 1.54) is 12.1 Å². The molecule has 0 aliphatic carbocycles. The van der Waals surface area contributed by atoms with Gasteiger partial charge in [0.15, 0.2) is 0 Å². The molecule has 0 atom stereocenters. The van der Waals surface area contributed by atoms with Crippen molar-refractivity contribution in [2.24, 2.45) is 0 Å². The highest BCUT2D eigenvalue weighted by atomic mass is 32.1. The Hall–Kier alpha value is -1.86. The summed E-state index contributed by atoms with van der Waals surface area (Å²) in [4.78, 5) is 0. The quantitative estimate of drug-likeness (QED) is 0.814. The first kappa shape index (κ1) is 10.7. The molecular formula is C12H8FNOS. The Kier molecular flexibility index (Phi) is 3.18. The van der Waals surface area contributed by atoms with Crippen molar-refractivity contribution < 1.29 is 9.13 Å². The minimum atomic E-state index is -0.551. The van der Waals surface area contributed by atoms with Gasteiger partial charge in [0, 0.05) is 0 Å². The highest BCUT2D eigenvalue weighted by Gasteiger charge is 2.08. The molecule has 1 aromatic carbocycles. The second kappa shape index (κ2) is 4.77. The van der Waals surface area contributed by atoms with Crippen LogP contribution in [0, 0.1) is 17.1 Å². The molecule has 4 heteroatoms. The second-order valence-corrected chi connectivity index (χ2v) is 3.93. The van der Waals surface area contributed by atoms with Crippen molar-refractivity contribution in [3.63, 3.8) is 0 Å². The molecule has 0 N–H and O–H groups in total. The van der Waals surface area contributed by atoms with Crippen LogP contribution in [0.15, 0.2) is 35.0 Å². The second-order valence-electron chi connectivity index (χ2n) is 3.15. The summed E-state index contributed by atoms with van der Waals surface area (Å²) >= 11 is 1.57. The van der Waals surface area contributed by atoms with E-state index in [4.69, 9.17) is 10.00 Å². The fraction of sp³-hybridized carbons (Fsp3) is 0.0833. The van der Waals surface area contributed by atoms with E-state index in [2.05, 4.69) is 0 Å². The minimum Gasteiger partial charge on any atom is -0.487 e. The Morgan fingerprint density at radius 1 is 1.38 bits per heavy atom. The van der Waals surface area contributed by atoms with Gasteiger partial charge in [-0.3, -0.25) is 0 Å². The maximum atomic E-state index is 13.2. The van der Waals surface area contributed by atoms with Gasteiger partial charge in [-0.25, -0.2) is 4.39 Å². The molecule has 0 saturated heterocycles. The van der Waals surface area contributed by atoms with Crippen molar-refractivity contribution in [3.05, 3.63) is 52.0 Å². The number of ether oxygens (including phenoxy) is 1. The average Bonchev–Trinajstić information content (AvgIpc) is 2.79. The zero-order valence-corrected chi connectivity index (χ0v) is 9.13. The average molecular weight is 233 g/mol. The summed E-state index contributed by atoms with van der Waals surface area (Å²) in [5, 5.41) is 12.7. The van der Waals surface area contributed by atoms with Gasteiger partial charge in [0.1, 0.15) is 29.8 Å². The van der Waals surface area contributed by atoms with Crippen molar-refractivity contribution >= 4 is 11.3 Å². The zero-order chi connectivity index (χ0) is 11.4. The van der Waals surface area contributed by atoms with Crippen molar-refractivity contribution in [1.29, 1.82) is 5.26 Å². The third-order valence-corrected chi connectivity index (χ3v) is 2.79. The van der Waals surface area contributed by atoms with E-state index >= 15 is 0 Å². The van der Waals surface area contributed by atoms with Crippen molar-refractivity contribution in [1.82, 2.24) is 0 Å². The molecule has 80 valence electrons. The molecule has 0 aliphatic heterocycles. The molecule has 0 unspecified atom stereocenters. The molecule has 0 radical (unpaired) electrons. The maximum Gasteiger partial charge on any atom is 0.144 e. The molecule has 1 aromatic heterocycles.